The molecule has 2 aromatic rings. The summed E-state index contributed by atoms with van der Waals surface area (Å²) in [5.74, 6) is -1.74. The molecule has 0 radical (unpaired) electrons. The van der Waals surface area contributed by atoms with E-state index in [1.54, 1.807) is 0 Å². The first-order valence-corrected chi connectivity index (χ1v) is 15.8. The Bertz CT molecular complexity index is 1110. The van der Waals surface area contributed by atoms with E-state index >= 15 is 0 Å². The van der Waals surface area contributed by atoms with E-state index in [9.17, 15) is 19.5 Å². The van der Waals surface area contributed by atoms with Crippen molar-refractivity contribution >= 4 is 17.8 Å². The number of carbonyl (C=O) groups excluding carboxylic acids is 3. The Morgan fingerprint density at radius 2 is 1.53 bits per heavy atom. The van der Waals surface area contributed by atoms with E-state index in [-0.39, 0.29) is 11.8 Å². The minimum atomic E-state index is -1.39. The van der Waals surface area contributed by atoms with E-state index in [1.807, 2.05) is 66.7 Å². The summed E-state index contributed by atoms with van der Waals surface area (Å²) in [7, 11) is 0. The number of carbonyl (C=O) groups is 3. The number of aliphatic hydroxyl groups is 1. The predicted octanol–water partition coefficient (Wildman–Crippen LogP) is 5.54. The molecular weight excluding hydrogens is 540 g/mol. The normalized spacial score (nSPS) is 16.7. The highest BCUT2D eigenvalue weighted by Gasteiger charge is 2.34. The molecule has 1 saturated carbocycles. The number of nitrogens with one attached hydrogen (secondary N) is 1. The molecule has 1 fully saturated rings. The topological polar surface area (TPSA) is 119 Å². The molecule has 0 aliphatic heterocycles. The molecule has 0 heterocycles. The molecule has 1 unspecified atom stereocenters. The molecule has 4 atom stereocenters. The van der Waals surface area contributed by atoms with Crippen LogP contribution in [0.25, 0.3) is 0 Å². The molecule has 0 bridgehead atoms. The van der Waals surface area contributed by atoms with E-state index in [2.05, 4.69) is 25.7 Å². The van der Waals surface area contributed by atoms with Gasteiger partial charge in [-0.3, -0.25) is 14.4 Å². The molecule has 4 N–H and O–H groups in total. The summed E-state index contributed by atoms with van der Waals surface area (Å²) in [6.45, 7) is 8.10. The van der Waals surface area contributed by atoms with Gasteiger partial charge in [0.1, 0.15) is 0 Å². The van der Waals surface area contributed by atoms with Crippen molar-refractivity contribution in [3.05, 3.63) is 84.4 Å². The van der Waals surface area contributed by atoms with Gasteiger partial charge < -0.3 is 20.9 Å². The summed E-state index contributed by atoms with van der Waals surface area (Å²) < 4.78 is 5.79. The van der Waals surface area contributed by atoms with Crippen LogP contribution < -0.4 is 11.1 Å². The first-order chi connectivity index (χ1) is 20.7. The minimum absolute atomic E-state index is 0.0803. The standard InChI is InChI=1S/C36H50N2O5/c1-4-29(25(2)3)23-32(39)31(22-28-18-12-7-13-19-28)38-35(41)33(24-34(37)40)43-36(42)30(20-26-14-8-5-9-15-26)21-27-16-10-6-11-17-27/h4-6,8-11,14-17,25,28-33,39H,1,7,12-13,18-24H2,2-3H3,(H2,37,40)(H,38,41)/t29-,31-,32-,33?/m0/s1. The van der Waals surface area contributed by atoms with Gasteiger partial charge in [0.15, 0.2) is 6.10 Å². The molecule has 2 aromatic carbocycles. The van der Waals surface area contributed by atoms with Crippen LogP contribution >= 0.6 is 0 Å². The maximum Gasteiger partial charge on any atom is 0.310 e. The lowest BCUT2D eigenvalue weighted by atomic mass is 9.81. The second-order valence-corrected chi connectivity index (χ2v) is 12.5. The predicted molar refractivity (Wildman–Crippen MR) is 170 cm³/mol. The summed E-state index contributed by atoms with van der Waals surface area (Å²) in [5, 5.41) is 14.3. The number of nitrogens with two attached hydrogens (primary N) is 1. The van der Waals surface area contributed by atoms with Crippen LogP contribution in [-0.2, 0) is 32.0 Å². The maximum absolute atomic E-state index is 13.7. The van der Waals surface area contributed by atoms with E-state index in [1.165, 1.54) is 6.42 Å². The van der Waals surface area contributed by atoms with Crippen LogP contribution in [0.3, 0.4) is 0 Å². The van der Waals surface area contributed by atoms with Gasteiger partial charge in [-0.1, -0.05) is 113 Å². The molecule has 1 aliphatic carbocycles. The van der Waals surface area contributed by atoms with Crippen LogP contribution in [0, 0.1) is 23.7 Å². The van der Waals surface area contributed by atoms with Crippen LogP contribution in [0.2, 0.25) is 0 Å². The van der Waals surface area contributed by atoms with E-state index in [0.717, 1.165) is 36.8 Å². The Morgan fingerprint density at radius 3 is 2.02 bits per heavy atom. The summed E-state index contributed by atoms with van der Waals surface area (Å²) in [6.07, 6.45) is 6.69. The fourth-order valence-corrected chi connectivity index (χ4v) is 6.10. The Labute approximate surface area is 257 Å². The lowest BCUT2D eigenvalue weighted by molar-refractivity contribution is -0.161. The molecule has 0 spiro atoms. The minimum Gasteiger partial charge on any atom is -0.451 e. The van der Waals surface area contributed by atoms with E-state index in [4.69, 9.17) is 10.5 Å². The molecule has 3 rings (SSSR count). The number of primary amides is 1. The van der Waals surface area contributed by atoms with Gasteiger partial charge in [0, 0.05) is 0 Å². The van der Waals surface area contributed by atoms with Crippen LogP contribution in [0.15, 0.2) is 73.3 Å². The highest BCUT2D eigenvalue weighted by atomic mass is 16.5. The molecular formula is C36H50N2O5. The molecule has 0 saturated heterocycles. The van der Waals surface area contributed by atoms with Crippen molar-refractivity contribution in [1.29, 1.82) is 0 Å². The zero-order valence-electron chi connectivity index (χ0n) is 25.8. The summed E-state index contributed by atoms with van der Waals surface area (Å²) in [5.41, 5.74) is 7.45. The Kier molecular flexibility index (Phi) is 13.9. The van der Waals surface area contributed by atoms with Crippen LogP contribution in [-0.4, -0.2) is 41.1 Å². The van der Waals surface area contributed by atoms with Crippen LogP contribution in [0.5, 0.6) is 0 Å². The summed E-state index contributed by atoms with van der Waals surface area (Å²) >= 11 is 0. The smallest absolute Gasteiger partial charge is 0.310 e. The second-order valence-electron chi connectivity index (χ2n) is 12.5. The van der Waals surface area contributed by atoms with Gasteiger partial charge in [0.2, 0.25) is 5.91 Å². The quantitative estimate of drug-likeness (QED) is 0.165. The van der Waals surface area contributed by atoms with Gasteiger partial charge >= 0.3 is 5.97 Å². The Balaban J connectivity index is 1.79. The fraction of sp³-hybridized carbons (Fsp3) is 0.528. The molecule has 0 aromatic heterocycles. The average Bonchev–Trinajstić information content (AvgIpc) is 2.99. The zero-order chi connectivity index (χ0) is 31.2. The Morgan fingerprint density at radius 1 is 0.977 bits per heavy atom. The number of allylic oxidation sites excluding steroid dienone is 1. The van der Waals surface area contributed by atoms with Gasteiger partial charge in [-0.15, -0.1) is 6.58 Å². The fourth-order valence-electron chi connectivity index (χ4n) is 6.10. The molecule has 7 nitrogen and oxygen atoms in total. The number of hydrogen-bond donors (Lipinski definition) is 3. The molecule has 2 amide bonds. The highest BCUT2D eigenvalue weighted by Crippen LogP contribution is 2.30. The zero-order valence-corrected chi connectivity index (χ0v) is 25.8. The molecule has 7 heteroatoms. The van der Waals surface area contributed by atoms with Crippen molar-refractivity contribution in [2.75, 3.05) is 0 Å². The number of hydrogen-bond acceptors (Lipinski definition) is 5. The highest BCUT2D eigenvalue weighted by molar-refractivity contribution is 5.89. The van der Waals surface area contributed by atoms with Crippen molar-refractivity contribution in [2.45, 2.75) is 96.3 Å². The van der Waals surface area contributed by atoms with Crippen molar-refractivity contribution < 1.29 is 24.2 Å². The van der Waals surface area contributed by atoms with Gasteiger partial charge in [0.25, 0.3) is 5.91 Å². The number of amides is 2. The van der Waals surface area contributed by atoms with Crippen molar-refractivity contribution in [1.82, 2.24) is 5.32 Å². The third-order valence-corrected chi connectivity index (χ3v) is 8.70. The monoisotopic (exact) mass is 590 g/mol. The van der Waals surface area contributed by atoms with Gasteiger partial charge in [-0.25, -0.2) is 0 Å². The third-order valence-electron chi connectivity index (χ3n) is 8.70. The second kappa shape index (κ2) is 17.6. The van der Waals surface area contributed by atoms with Gasteiger partial charge in [0.05, 0.1) is 24.5 Å². The summed E-state index contributed by atoms with van der Waals surface area (Å²) in [4.78, 5) is 39.3. The lowest BCUT2D eigenvalue weighted by Gasteiger charge is -2.33. The van der Waals surface area contributed by atoms with Gasteiger partial charge in [-0.2, -0.15) is 0 Å². The first-order valence-electron chi connectivity index (χ1n) is 15.8. The van der Waals surface area contributed by atoms with Crippen molar-refractivity contribution in [3.8, 4) is 0 Å². The van der Waals surface area contributed by atoms with Crippen molar-refractivity contribution in [2.24, 2.45) is 29.4 Å². The maximum atomic E-state index is 13.7. The summed E-state index contributed by atoms with van der Waals surface area (Å²) in [6, 6.07) is 18.7. The van der Waals surface area contributed by atoms with Gasteiger partial charge in [-0.05, 0) is 54.6 Å². The number of aliphatic hydroxyl groups excluding tert-OH is 1. The van der Waals surface area contributed by atoms with Crippen LogP contribution in [0.4, 0.5) is 0 Å². The molecule has 234 valence electrons. The SMILES string of the molecule is C=C[C@@H](C[C@H](O)[C@H](CC1CCCCC1)NC(=O)C(CC(N)=O)OC(=O)C(Cc1ccccc1)Cc1ccccc1)C(C)C. The Hall–Kier alpha value is -3.45. The lowest BCUT2D eigenvalue weighted by Crippen LogP contribution is -2.50. The first kappa shape index (κ1) is 34.0. The molecule has 43 heavy (non-hydrogen) atoms. The van der Waals surface area contributed by atoms with Crippen molar-refractivity contribution in [3.63, 3.8) is 0 Å². The number of esters is 1. The largest absolute Gasteiger partial charge is 0.451 e. The number of rotatable bonds is 17. The van der Waals surface area contributed by atoms with E-state index in [0.29, 0.717) is 31.6 Å². The van der Waals surface area contributed by atoms with E-state index < -0.39 is 48.4 Å². The molecule has 1 aliphatic rings. The number of ether oxygens (including phenoxy) is 1. The van der Waals surface area contributed by atoms with Crippen LogP contribution in [0.1, 0.15) is 76.3 Å². The number of benzene rings is 2. The average molecular weight is 591 g/mol. The third kappa shape index (κ3) is 11.6.